The summed E-state index contributed by atoms with van der Waals surface area (Å²) >= 11 is 0. The van der Waals surface area contributed by atoms with Gasteiger partial charge >= 0.3 is 0 Å². The lowest BCUT2D eigenvalue weighted by Crippen LogP contribution is -2.44. The zero-order chi connectivity index (χ0) is 20.2. The first-order valence-corrected chi connectivity index (χ1v) is 10.2. The summed E-state index contributed by atoms with van der Waals surface area (Å²) in [6.45, 7) is 6.86. The van der Waals surface area contributed by atoms with Gasteiger partial charge < -0.3 is 20.4 Å². The first-order valence-electron chi connectivity index (χ1n) is 10.2. The maximum absolute atomic E-state index is 12.9. The Bertz CT molecular complexity index is 902. The number of aryl methyl sites for hydroxylation is 1. The van der Waals surface area contributed by atoms with E-state index in [9.17, 15) is 9.59 Å². The number of hydrogen-bond donors (Lipinski definition) is 2. The van der Waals surface area contributed by atoms with Gasteiger partial charge in [-0.25, -0.2) is 4.98 Å². The number of nitrogens with one attached hydrogen (secondary N) is 2. The summed E-state index contributed by atoms with van der Waals surface area (Å²) < 4.78 is 0. The Kier molecular flexibility index (Phi) is 5.76. The summed E-state index contributed by atoms with van der Waals surface area (Å²) in [6.07, 6.45) is 3.71. The number of hydrogen-bond acceptors (Lipinski definition) is 5. The van der Waals surface area contributed by atoms with Crippen molar-refractivity contribution in [3.8, 4) is 0 Å². The molecule has 2 aliphatic heterocycles. The van der Waals surface area contributed by atoms with E-state index in [1.54, 1.807) is 18.3 Å². The quantitative estimate of drug-likeness (QED) is 0.833. The highest BCUT2D eigenvalue weighted by atomic mass is 16.2. The maximum atomic E-state index is 12.9. The molecular weight excluding hydrogens is 366 g/mol. The first-order chi connectivity index (χ1) is 14.1. The van der Waals surface area contributed by atoms with Gasteiger partial charge in [0.1, 0.15) is 0 Å². The highest BCUT2D eigenvalue weighted by molar-refractivity contribution is 6.06. The predicted molar refractivity (Wildman–Crippen MR) is 114 cm³/mol. The number of benzene rings is 1. The third-order valence-electron chi connectivity index (χ3n) is 5.45. The number of anilines is 2. The predicted octanol–water partition coefficient (Wildman–Crippen LogP) is 2.29. The Labute approximate surface area is 171 Å². The maximum Gasteiger partial charge on any atom is 0.255 e. The van der Waals surface area contributed by atoms with Crippen LogP contribution in [0.25, 0.3) is 0 Å². The second kappa shape index (κ2) is 8.61. The molecule has 2 aromatic rings. The van der Waals surface area contributed by atoms with Gasteiger partial charge in [-0.3, -0.25) is 9.59 Å². The van der Waals surface area contributed by atoms with Crippen LogP contribution in [0.15, 0.2) is 36.5 Å². The average Bonchev–Trinajstić information content (AvgIpc) is 3.29. The van der Waals surface area contributed by atoms with Crippen LogP contribution in [0.2, 0.25) is 0 Å². The van der Waals surface area contributed by atoms with Crippen molar-refractivity contribution in [3.05, 3.63) is 53.2 Å². The van der Waals surface area contributed by atoms with Crippen LogP contribution in [-0.4, -0.2) is 61.0 Å². The van der Waals surface area contributed by atoms with Crippen molar-refractivity contribution in [2.75, 3.05) is 49.5 Å². The van der Waals surface area contributed by atoms with Gasteiger partial charge in [0, 0.05) is 51.0 Å². The van der Waals surface area contributed by atoms with Crippen molar-refractivity contribution >= 4 is 23.3 Å². The lowest BCUT2D eigenvalue weighted by molar-refractivity contribution is 0.0792. The summed E-state index contributed by atoms with van der Waals surface area (Å²) in [5, 5.41) is 6.33. The monoisotopic (exact) mass is 393 g/mol. The zero-order valence-corrected chi connectivity index (χ0v) is 16.8. The number of amides is 2. The van der Waals surface area contributed by atoms with Crippen LogP contribution in [0, 0.1) is 6.92 Å². The van der Waals surface area contributed by atoms with Crippen LogP contribution >= 0.6 is 0 Å². The average molecular weight is 393 g/mol. The van der Waals surface area contributed by atoms with Crippen LogP contribution in [0.3, 0.4) is 0 Å². The number of aromatic nitrogens is 1. The molecule has 1 aromatic carbocycles. The van der Waals surface area contributed by atoms with Crippen molar-refractivity contribution in [1.29, 1.82) is 0 Å². The molecule has 152 valence electrons. The van der Waals surface area contributed by atoms with Gasteiger partial charge in [-0.1, -0.05) is 17.7 Å². The zero-order valence-electron chi connectivity index (χ0n) is 16.8. The number of rotatable bonds is 4. The number of likely N-dealkylation sites (tertiary alicyclic amines) is 1. The minimum Gasteiger partial charge on any atom is -0.352 e. The molecule has 2 N–H and O–H groups in total. The van der Waals surface area contributed by atoms with E-state index >= 15 is 0 Å². The van der Waals surface area contributed by atoms with Crippen molar-refractivity contribution in [2.24, 2.45) is 0 Å². The molecule has 0 radical (unpaired) electrons. The Morgan fingerprint density at radius 1 is 1.03 bits per heavy atom. The number of carbonyl (C=O) groups is 2. The molecule has 0 saturated carbocycles. The van der Waals surface area contributed by atoms with Gasteiger partial charge in [-0.05, 0) is 38.0 Å². The molecule has 0 spiro atoms. The molecule has 3 heterocycles. The van der Waals surface area contributed by atoms with Gasteiger partial charge in [0.2, 0.25) is 0 Å². The lowest BCUT2D eigenvalue weighted by Gasteiger charge is -2.30. The van der Waals surface area contributed by atoms with Gasteiger partial charge in [0.05, 0.1) is 11.3 Å². The summed E-state index contributed by atoms with van der Waals surface area (Å²) in [7, 11) is 0. The summed E-state index contributed by atoms with van der Waals surface area (Å²) in [5.74, 6) is 0.496. The normalized spacial score (nSPS) is 16.7. The van der Waals surface area contributed by atoms with Crippen LogP contribution in [0.4, 0.5) is 11.5 Å². The Hall–Kier alpha value is -2.93. The molecule has 2 fully saturated rings. The van der Waals surface area contributed by atoms with Crippen molar-refractivity contribution < 1.29 is 9.59 Å². The molecule has 0 atom stereocenters. The summed E-state index contributed by atoms with van der Waals surface area (Å²) in [5.41, 5.74) is 2.72. The van der Waals surface area contributed by atoms with E-state index in [-0.39, 0.29) is 11.8 Å². The largest absolute Gasteiger partial charge is 0.352 e. The fourth-order valence-corrected chi connectivity index (χ4v) is 3.88. The van der Waals surface area contributed by atoms with Crippen molar-refractivity contribution in [1.82, 2.24) is 15.2 Å². The number of pyridine rings is 1. The smallest absolute Gasteiger partial charge is 0.255 e. The number of piperazine rings is 1. The van der Waals surface area contributed by atoms with E-state index in [0.717, 1.165) is 57.7 Å². The molecule has 4 rings (SSSR count). The molecule has 7 heteroatoms. The van der Waals surface area contributed by atoms with E-state index in [0.29, 0.717) is 22.6 Å². The summed E-state index contributed by atoms with van der Waals surface area (Å²) in [4.78, 5) is 34.3. The topological polar surface area (TPSA) is 77.6 Å². The number of carbonyl (C=O) groups excluding carboxylic acids is 2. The molecule has 1 aromatic heterocycles. The van der Waals surface area contributed by atoms with E-state index in [1.165, 1.54) is 0 Å². The highest BCUT2D eigenvalue weighted by Gasteiger charge is 2.23. The minimum absolute atomic E-state index is 0.0204. The molecule has 0 unspecified atom stereocenters. The molecule has 29 heavy (non-hydrogen) atoms. The molecule has 2 amide bonds. The van der Waals surface area contributed by atoms with Crippen LogP contribution in [0.5, 0.6) is 0 Å². The van der Waals surface area contributed by atoms with Gasteiger partial charge in [-0.2, -0.15) is 0 Å². The molecular formula is C22H27N5O2. The highest BCUT2D eigenvalue weighted by Crippen LogP contribution is 2.27. The van der Waals surface area contributed by atoms with E-state index in [4.69, 9.17) is 0 Å². The van der Waals surface area contributed by atoms with Crippen LogP contribution in [0.1, 0.15) is 39.1 Å². The SMILES string of the molecule is Cc1cccc(C(=O)Nc2cc(C(=O)N3CCCC3)cnc2N2CCNCC2)c1. The molecule has 2 saturated heterocycles. The fourth-order valence-electron chi connectivity index (χ4n) is 3.88. The third kappa shape index (κ3) is 4.40. The fraction of sp³-hybridized carbons (Fsp3) is 0.409. The third-order valence-corrected chi connectivity index (χ3v) is 5.45. The van der Waals surface area contributed by atoms with E-state index in [1.807, 2.05) is 30.0 Å². The van der Waals surface area contributed by atoms with Crippen molar-refractivity contribution in [2.45, 2.75) is 19.8 Å². The minimum atomic E-state index is -0.197. The summed E-state index contributed by atoms with van der Waals surface area (Å²) in [6, 6.07) is 9.25. The van der Waals surface area contributed by atoms with Crippen LogP contribution in [-0.2, 0) is 0 Å². The molecule has 0 aliphatic carbocycles. The first kappa shape index (κ1) is 19.4. The second-order valence-electron chi connectivity index (χ2n) is 7.66. The van der Waals surface area contributed by atoms with Gasteiger partial charge in [-0.15, -0.1) is 0 Å². The van der Waals surface area contributed by atoms with Crippen LogP contribution < -0.4 is 15.5 Å². The van der Waals surface area contributed by atoms with Crippen molar-refractivity contribution in [3.63, 3.8) is 0 Å². The Morgan fingerprint density at radius 2 is 1.79 bits per heavy atom. The van der Waals surface area contributed by atoms with E-state index in [2.05, 4.69) is 20.5 Å². The Balaban J connectivity index is 1.64. The van der Waals surface area contributed by atoms with E-state index < -0.39 is 0 Å². The Morgan fingerprint density at radius 3 is 2.52 bits per heavy atom. The second-order valence-corrected chi connectivity index (χ2v) is 7.66. The standard InChI is InChI=1S/C22H27N5O2/c1-16-5-4-6-17(13-16)21(28)25-19-14-18(22(29)27-9-2-3-10-27)15-24-20(19)26-11-7-23-8-12-26/h4-6,13-15,23H,2-3,7-12H2,1H3,(H,25,28). The number of nitrogens with zero attached hydrogens (tertiary/aromatic N) is 3. The lowest BCUT2D eigenvalue weighted by atomic mass is 10.1. The molecule has 0 bridgehead atoms. The van der Waals surface area contributed by atoms with Gasteiger partial charge in [0.25, 0.3) is 11.8 Å². The molecule has 2 aliphatic rings. The molecule has 7 nitrogen and oxygen atoms in total. The van der Waals surface area contributed by atoms with Gasteiger partial charge in [0.15, 0.2) is 5.82 Å².